The summed E-state index contributed by atoms with van der Waals surface area (Å²) in [6, 6.07) is 0. The molecule has 4 aliphatic rings. The molecule has 0 aliphatic heterocycles. The van der Waals surface area contributed by atoms with E-state index in [0.29, 0.717) is 6.42 Å². The van der Waals surface area contributed by atoms with E-state index in [-0.39, 0.29) is 48.7 Å². The monoisotopic (exact) mass is 434 g/mol. The lowest BCUT2D eigenvalue weighted by Crippen LogP contribution is -2.65. The van der Waals surface area contributed by atoms with Gasteiger partial charge in [0.05, 0.1) is 6.10 Å². The summed E-state index contributed by atoms with van der Waals surface area (Å²) in [5.74, 6) is -1.32. The quantitative estimate of drug-likeness (QED) is 0.577. The van der Waals surface area contributed by atoms with Crippen LogP contribution in [0.2, 0.25) is 0 Å². The Morgan fingerprint density at radius 3 is 2.58 bits per heavy atom. The van der Waals surface area contributed by atoms with Crippen molar-refractivity contribution < 1.29 is 34.4 Å². The maximum absolute atomic E-state index is 12.5. The predicted molar refractivity (Wildman–Crippen MR) is 111 cm³/mol. The van der Waals surface area contributed by atoms with Gasteiger partial charge in [0, 0.05) is 30.1 Å². The van der Waals surface area contributed by atoms with E-state index in [0.717, 1.165) is 12.0 Å². The van der Waals surface area contributed by atoms with Crippen LogP contribution in [-0.2, 0) is 19.1 Å². The van der Waals surface area contributed by atoms with Gasteiger partial charge in [0.25, 0.3) is 0 Å². The van der Waals surface area contributed by atoms with Crippen LogP contribution in [0.3, 0.4) is 0 Å². The van der Waals surface area contributed by atoms with Crippen LogP contribution in [0.5, 0.6) is 0 Å². The highest BCUT2D eigenvalue weighted by atomic mass is 16.5. The molecule has 4 aliphatic carbocycles. The van der Waals surface area contributed by atoms with Crippen LogP contribution in [0.4, 0.5) is 0 Å². The third kappa shape index (κ3) is 2.92. The fraction of sp³-hybridized carbons (Fsp3) is 0.792. The first-order chi connectivity index (χ1) is 14.4. The van der Waals surface area contributed by atoms with Crippen LogP contribution >= 0.6 is 0 Å². The van der Waals surface area contributed by atoms with Crippen LogP contribution in [0.25, 0.3) is 0 Å². The molecule has 9 atom stereocenters. The second kappa shape index (κ2) is 7.22. The second-order valence-corrected chi connectivity index (χ2v) is 10.8. The molecule has 0 radical (unpaired) electrons. The molecule has 31 heavy (non-hydrogen) atoms. The highest BCUT2D eigenvalue weighted by Crippen LogP contribution is 2.68. The Labute approximate surface area is 182 Å². The van der Waals surface area contributed by atoms with Gasteiger partial charge in [-0.25, -0.2) is 0 Å². The molecule has 3 fully saturated rings. The first-order valence-electron chi connectivity index (χ1n) is 11.4. The fourth-order valence-corrected chi connectivity index (χ4v) is 8.07. The van der Waals surface area contributed by atoms with Gasteiger partial charge in [-0.05, 0) is 49.5 Å². The largest absolute Gasteiger partial charge is 0.461 e. The molecule has 0 aromatic carbocycles. The number of ether oxygens (including phenoxy) is 1. The Morgan fingerprint density at radius 2 is 1.97 bits per heavy atom. The van der Waals surface area contributed by atoms with Gasteiger partial charge < -0.3 is 20.1 Å². The summed E-state index contributed by atoms with van der Waals surface area (Å²) in [5.41, 5.74) is -2.26. The van der Waals surface area contributed by atoms with Gasteiger partial charge in [-0.3, -0.25) is 14.4 Å². The van der Waals surface area contributed by atoms with Gasteiger partial charge in [0.1, 0.15) is 18.3 Å². The number of Topliss-reactive ketones (excluding diaryl/α,β-unsaturated/α-hetero) is 1. The van der Waals surface area contributed by atoms with E-state index >= 15 is 0 Å². The van der Waals surface area contributed by atoms with Crippen LogP contribution < -0.4 is 0 Å². The van der Waals surface area contributed by atoms with E-state index < -0.39 is 47.0 Å². The molecule has 172 valence electrons. The highest BCUT2D eigenvalue weighted by Gasteiger charge is 2.70. The molecule has 3 N–H and O–H groups in total. The minimum absolute atomic E-state index is 0.00215. The number of ketones is 2. The third-order valence-corrected chi connectivity index (χ3v) is 9.36. The van der Waals surface area contributed by atoms with Crippen LogP contribution in [0.1, 0.15) is 59.8 Å². The molecule has 4 rings (SSSR count). The van der Waals surface area contributed by atoms with E-state index in [1.807, 2.05) is 13.8 Å². The molecular formula is C24H34O7. The third-order valence-electron chi connectivity index (χ3n) is 9.36. The molecule has 0 saturated heterocycles. The van der Waals surface area contributed by atoms with Crippen molar-refractivity contribution in [1.29, 1.82) is 0 Å². The Balaban J connectivity index is 1.81. The topological polar surface area (TPSA) is 121 Å². The molecule has 0 heterocycles. The zero-order chi connectivity index (χ0) is 22.9. The molecule has 0 aromatic rings. The average Bonchev–Trinajstić information content (AvgIpc) is 2.94. The molecule has 0 amide bonds. The van der Waals surface area contributed by atoms with Crippen molar-refractivity contribution in [2.45, 2.75) is 77.6 Å². The maximum atomic E-state index is 12.5. The number of aliphatic hydroxyl groups excluding tert-OH is 2. The van der Waals surface area contributed by atoms with Crippen molar-refractivity contribution in [2.24, 2.45) is 34.5 Å². The van der Waals surface area contributed by atoms with Gasteiger partial charge in [-0.15, -0.1) is 0 Å². The Hall–Kier alpha value is -1.57. The van der Waals surface area contributed by atoms with E-state index in [2.05, 4.69) is 6.92 Å². The van der Waals surface area contributed by atoms with Crippen molar-refractivity contribution in [1.82, 2.24) is 0 Å². The molecule has 3 saturated carbocycles. The van der Waals surface area contributed by atoms with Gasteiger partial charge in [0.2, 0.25) is 0 Å². The van der Waals surface area contributed by atoms with E-state index in [1.54, 1.807) is 6.08 Å². The van der Waals surface area contributed by atoms with Crippen molar-refractivity contribution >= 4 is 17.5 Å². The summed E-state index contributed by atoms with van der Waals surface area (Å²) in [5, 5.41) is 32.3. The number of hydrogen-bond donors (Lipinski definition) is 3. The number of rotatable bonds is 3. The fourth-order valence-electron chi connectivity index (χ4n) is 8.07. The molecule has 0 aromatic heterocycles. The van der Waals surface area contributed by atoms with Crippen LogP contribution in [-0.4, -0.2) is 57.3 Å². The summed E-state index contributed by atoms with van der Waals surface area (Å²) in [6.45, 7) is 6.53. The van der Waals surface area contributed by atoms with Crippen molar-refractivity contribution in [2.75, 3.05) is 6.61 Å². The van der Waals surface area contributed by atoms with Crippen molar-refractivity contribution in [3.8, 4) is 0 Å². The number of fused-ring (bicyclic) bond motifs is 5. The number of carbonyl (C=O) groups is 3. The normalized spacial score (nSPS) is 48.9. The summed E-state index contributed by atoms with van der Waals surface area (Å²) in [4.78, 5) is 36.9. The van der Waals surface area contributed by atoms with Crippen molar-refractivity contribution in [3.05, 3.63) is 11.6 Å². The Morgan fingerprint density at radius 1 is 1.29 bits per heavy atom. The summed E-state index contributed by atoms with van der Waals surface area (Å²) in [7, 11) is 0. The lowest BCUT2D eigenvalue weighted by molar-refractivity contribution is -0.200. The minimum atomic E-state index is -1.66. The Kier molecular flexibility index (Phi) is 5.27. The molecule has 7 heteroatoms. The maximum Gasteiger partial charge on any atom is 0.302 e. The standard InChI is InChI=1S/C24H34O7/c1-12-7-15-16-5-6-24(30,19(29)11-25)22(16,3)10-18(28)21(15)23(4)17(12)8-14(27)9-20(23)31-13(2)26/h8,12,15-16,18,20-21,25,28,30H,5-7,9-11H2,1-4H3/t12?,15-,16-,18-,20?,21+,22-,23+,24-/m0/s1. The van der Waals surface area contributed by atoms with Crippen LogP contribution in [0, 0.1) is 34.5 Å². The average molecular weight is 435 g/mol. The molecular weight excluding hydrogens is 400 g/mol. The molecule has 2 unspecified atom stereocenters. The van der Waals surface area contributed by atoms with Crippen molar-refractivity contribution in [3.63, 3.8) is 0 Å². The van der Waals surface area contributed by atoms with Gasteiger partial charge >= 0.3 is 5.97 Å². The SMILES string of the molecule is CC(=O)OC1CC(=O)C=C2C(C)C[C@@H]3[C@H]([C@@H](O)C[C@@]4(C)[C@H]3CC[C@]4(O)C(=O)CO)[C@]21C. The van der Waals surface area contributed by atoms with E-state index in [9.17, 15) is 29.7 Å². The zero-order valence-electron chi connectivity index (χ0n) is 18.8. The lowest BCUT2D eigenvalue weighted by Gasteiger charge is -2.62. The smallest absolute Gasteiger partial charge is 0.302 e. The predicted octanol–water partition coefficient (Wildman–Crippen LogP) is 1.57. The Bertz CT molecular complexity index is 849. The first kappa shape index (κ1) is 22.6. The summed E-state index contributed by atoms with van der Waals surface area (Å²) in [6.07, 6.45) is 2.14. The zero-order valence-corrected chi connectivity index (χ0v) is 18.8. The lowest BCUT2D eigenvalue weighted by atomic mass is 9.43. The van der Waals surface area contributed by atoms with Gasteiger partial charge in [0.15, 0.2) is 11.6 Å². The van der Waals surface area contributed by atoms with Crippen LogP contribution in [0.15, 0.2) is 11.6 Å². The van der Waals surface area contributed by atoms with Gasteiger partial charge in [-0.1, -0.05) is 26.3 Å². The van der Waals surface area contributed by atoms with E-state index in [1.165, 1.54) is 6.92 Å². The minimum Gasteiger partial charge on any atom is -0.461 e. The molecule has 0 bridgehead atoms. The number of hydrogen-bond acceptors (Lipinski definition) is 7. The number of aliphatic hydroxyl groups is 3. The number of carbonyl (C=O) groups excluding carboxylic acids is 3. The highest BCUT2D eigenvalue weighted by molar-refractivity contribution is 5.93. The summed E-state index contributed by atoms with van der Waals surface area (Å²) < 4.78 is 5.66. The van der Waals surface area contributed by atoms with E-state index in [4.69, 9.17) is 4.74 Å². The second-order valence-electron chi connectivity index (χ2n) is 10.8. The molecule has 7 nitrogen and oxygen atoms in total. The number of esters is 1. The summed E-state index contributed by atoms with van der Waals surface area (Å²) >= 11 is 0. The molecule has 0 spiro atoms. The van der Waals surface area contributed by atoms with Gasteiger partial charge in [-0.2, -0.15) is 0 Å². The first-order valence-corrected chi connectivity index (χ1v) is 11.4.